The summed E-state index contributed by atoms with van der Waals surface area (Å²) in [6, 6.07) is 13.2. The third-order valence-corrected chi connectivity index (χ3v) is 3.20. The molecule has 0 atom stereocenters. The third kappa shape index (κ3) is 2.93. The molecule has 0 saturated carbocycles. The van der Waals surface area contributed by atoms with Gasteiger partial charge in [0.25, 0.3) is 0 Å². The highest BCUT2D eigenvalue weighted by Crippen LogP contribution is 2.32. The Labute approximate surface area is 112 Å². The van der Waals surface area contributed by atoms with Crippen molar-refractivity contribution in [3.63, 3.8) is 0 Å². The fourth-order valence-electron chi connectivity index (χ4n) is 2.46. The van der Waals surface area contributed by atoms with E-state index in [0.29, 0.717) is 11.8 Å². The van der Waals surface area contributed by atoms with Gasteiger partial charge >= 0.3 is 0 Å². The third-order valence-electron chi connectivity index (χ3n) is 3.20. The van der Waals surface area contributed by atoms with Crippen LogP contribution in [-0.2, 0) is 0 Å². The second kappa shape index (κ2) is 6.58. The van der Waals surface area contributed by atoms with Gasteiger partial charge in [0.1, 0.15) is 0 Å². The monoisotopic (exact) mass is 242 g/mol. The molecule has 0 nitrogen and oxygen atoms in total. The molecule has 0 aliphatic rings. The van der Waals surface area contributed by atoms with Crippen molar-refractivity contribution in [2.24, 2.45) is 0 Å². The van der Waals surface area contributed by atoms with Crippen LogP contribution in [0, 0.1) is 0 Å². The zero-order chi connectivity index (χ0) is 13.7. The lowest BCUT2D eigenvalue weighted by atomic mass is 9.86. The van der Waals surface area contributed by atoms with E-state index >= 15 is 0 Å². The van der Waals surface area contributed by atoms with Crippen molar-refractivity contribution in [2.75, 3.05) is 0 Å². The molecule has 2 aromatic carbocycles. The fourth-order valence-corrected chi connectivity index (χ4v) is 2.46. The molecule has 0 aliphatic carbocycles. The number of rotatable bonds is 2. The molecule has 2 aromatic rings. The SMILES string of the molecule is CC.CC(C)c1ccc2ccccc2c1C(C)C. The average molecular weight is 242 g/mol. The Balaban J connectivity index is 0.000000771. The first-order valence-corrected chi connectivity index (χ1v) is 7.12. The summed E-state index contributed by atoms with van der Waals surface area (Å²) >= 11 is 0. The number of hydrogen-bond acceptors (Lipinski definition) is 0. The number of hydrogen-bond donors (Lipinski definition) is 0. The first-order chi connectivity index (χ1) is 8.61. The molecule has 0 heterocycles. The van der Waals surface area contributed by atoms with Crippen molar-refractivity contribution in [1.82, 2.24) is 0 Å². The molecule has 0 amide bonds. The molecule has 0 saturated heterocycles. The van der Waals surface area contributed by atoms with Gasteiger partial charge in [0.2, 0.25) is 0 Å². The van der Waals surface area contributed by atoms with E-state index in [1.807, 2.05) is 13.8 Å². The summed E-state index contributed by atoms with van der Waals surface area (Å²) in [6.45, 7) is 13.1. The average Bonchev–Trinajstić information content (AvgIpc) is 2.39. The van der Waals surface area contributed by atoms with E-state index in [-0.39, 0.29) is 0 Å². The van der Waals surface area contributed by atoms with Gasteiger partial charge in [-0.25, -0.2) is 0 Å². The Bertz CT molecular complexity index is 492. The molecule has 0 spiro atoms. The van der Waals surface area contributed by atoms with E-state index < -0.39 is 0 Å². The van der Waals surface area contributed by atoms with E-state index in [2.05, 4.69) is 64.1 Å². The van der Waals surface area contributed by atoms with Crippen molar-refractivity contribution in [1.29, 1.82) is 0 Å². The van der Waals surface area contributed by atoms with Gasteiger partial charge in [-0.15, -0.1) is 0 Å². The highest BCUT2D eigenvalue weighted by atomic mass is 14.2. The quantitative estimate of drug-likeness (QED) is 0.595. The van der Waals surface area contributed by atoms with Gasteiger partial charge < -0.3 is 0 Å². The fraction of sp³-hybridized carbons (Fsp3) is 0.444. The van der Waals surface area contributed by atoms with Gasteiger partial charge in [-0.2, -0.15) is 0 Å². The van der Waals surface area contributed by atoms with Crippen molar-refractivity contribution in [3.05, 3.63) is 47.5 Å². The topological polar surface area (TPSA) is 0 Å². The maximum atomic E-state index is 2.29. The zero-order valence-corrected chi connectivity index (χ0v) is 12.6. The zero-order valence-electron chi connectivity index (χ0n) is 12.6. The summed E-state index contributed by atoms with van der Waals surface area (Å²) in [6.07, 6.45) is 0. The van der Waals surface area contributed by atoms with E-state index in [0.717, 1.165) is 0 Å². The molecule has 98 valence electrons. The second-order valence-corrected chi connectivity index (χ2v) is 5.10. The normalized spacial score (nSPS) is 10.7. The first kappa shape index (κ1) is 14.8. The molecule has 0 heteroatoms. The standard InChI is InChI=1S/C16H20.C2H6/c1-11(2)14-10-9-13-7-5-6-8-15(13)16(14)12(3)4;1-2/h5-12H,1-4H3;1-2H3. The minimum atomic E-state index is 0.587. The summed E-state index contributed by atoms with van der Waals surface area (Å²) in [4.78, 5) is 0. The highest BCUT2D eigenvalue weighted by Gasteiger charge is 2.12. The van der Waals surface area contributed by atoms with Gasteiger partial charge in [-0.3, -0.25) is 0 Å². The van der Waals surface area contributed by atoms with Gasteiger partial charge in [0.05, 0.1) is 0 Å². The van der Waals surface area contributed by atoms with Gasteiger partial charge in [0, 0.05) is 0 Å². The molecule has 0 aromatic heterocycles. The molecule has 0 aliphatic heterocycles. The van der Waals surface area contributed by atoms with E-state index in [1.165, 1.54) is 21.9 Å². The van der Waals surface area contributed by atoms with Crippen LogP contribution in [0.5, 0.6) is 0 Å². The first-order valence-electron chi connectivity index (χ1n) is 7.12. The predicted octanol–water partition coefficient (Wildman–Crippen LogP) is 6.11. The van der Waals surface area contributed by atoms with Crippen molar-refractivity contribution >= 4 is 10.8 Å². The van der Waals surface area contributed by atoms with Crippen LogP contribution >= 0.6 is 0 Å². The Hall–Kier alpha value is -1.30. The van der Waals surface area contributed by atoms with Crippen molar-refractivity contribution in [2.45, 2.75) is 53.4 Å². The molecule has 18 heavy (non-hydrogen) atoms. The van der Waals surface area contributed by atoms with Crippen LogP contribution in [0.1, 0.15) is 64.5 Å². The molecule has 2 rings (SSSR count). The Kier molecular flexibility index (Phi) is 5.40. The van der Waals surface area contributed by atoms with Crippen LogP contribution < -0.4 is 0 Å². The Morgan fingerprint density at radius 1 is 0.722 bits per heavy atom. The summed E-state index contributed by atoms with van der Waals surface area (Å²) in [7, 11) is 0. The lowest BCUT2D eigenvalue weighted by Crippen LogP contribution is -1.99. The molecule has 0 radical (unpaired) electrons. The number of benzene rings is 2. The minimum absolute atomic E-state index is 0.587. The molecule has 0 fully saturated rings. The Morgan fingerprint density at radius 2 is 1.33 bits per heavy atom. The smallest absolute Gasteiger partial charge is 0.0146 e. The van der Waals surface area contributed by atoms with Crippen LogP contribution in [0.3, 0.4) is 0 Å². The minimum Gasteiger partial charge on any atom is -0.0683 e. The predicted molar refractivity (Wildman–Crippen MR) is 83.5 cm³/mol. The maximum absolute atomic E-state index is 2.29. The van der Waals surface area contributed by atoms with Crippen LogP contribution in [0.25, 0.3) is 10.8 Å². The Morgan fingerprint density at radius 3 is 1.89 bits per heavy atom. The van der Waals surface area contributed by atoms with Gasteiger partial charge in [-0.05, 0) is 33.7 Å². The lowest BCUT2D eigenvalue weighted by Gasteiger charge is -2.18. The lowest BCUT2D eigenvalue weighted by molar-refractivity contribution is 0.798. The summed E-state index contributed by atoms with van der Waals surface area (Å²) in [5, 5.41) is 2.78. The van der Waals surface area contributed by atoms with E-state index in [4.69, 9.17) is 0 Å². The van der Waals surface area contributed by atoms with Gasteiger partial charge in [-0.1, -0.05) is 77.9 Å². The molecular formula is C18H26. The molecular weight excluding hydrogens is 216 g/mol. The summed E-state index contributed by atoms with van der Waals surface area (Å²) in [5.74, 6) is 1.19. The second-order valence-electron chi connectivity index (χ2n) is 5.10. The van der Waals surface area contributed by atoms with Crippen LogP contribution in [0.15, 0.2) is 36.4 Å². The molecule has 0 bridgehead atoms. The van der Waals surface area contributed by atoms with Crippen LogP contribution in [0.2, 0.25) is 0 Å². The van der Waals surface area contributed by atoms with E-state index in [9.17, 15) is 0 Å². The van der Waals surface area contributed by atoms with E-state index in [1.54, 1.807) is 0 Å². The van der Waals surface area contributed by atoms with Gasteiger partial charge in [0.15, 0.2) is 0 Å². The largest absolute Gasteiger partial charge is 0.0683 e. The number of fused-ring (bicyclic) bond motifs is 1. The summed E-state index contributed by atoms with van der Waals surface area (Å²) in [5.41, 5.74) is 3.02. The highest BCUT2D eigenvalue weighted by molar-refractivity contribution is 5.87. The maximum Gasteiger partial charge on any atom is -0.0146 e. The van der Waals surface area contributed by atoms with Crippen LogP contribution in [-0.4, -0.2) is 0 Å². The van der Waals surface area contributed by atoms with Crippen LogP contribution in [0.4, 0.5) is 0 Å². The summed E-state index contributed by atoms with van der Waals surface area (Å²) < 4.78 is 0. The molecule has 0 N–H and O–H groups in total. The molecule has 0 unspecified atom stereocenters. The van der Waals surface area contributed by atoms with Crippen molar-refractivity contribution in [3.8, 4) is 0 Å². The van der Waals surface area contributed by atoms with Crippen molar-refractivity contribution < 1.29 is 0 Å².